The zero-order valence-corrected chi connectivity index (χ0v) is 19.7. The molecule has 0 radical (unpaired) electrons. The smallest absolute Gasteiger partial charge is 0.263 e. The lowest BCUT2D eigenvalue weighted by atomic mass is 10.1. The Kier molecular flexibility index (Phi) is 8.55. The first-order valence-electron chi connectivity index (χ1n) is 10.5. The number of nitrogens with one attached hydrogen (secondary N) is 1. The zero-order valence-electron chi connectivity index (χ0n) is 18.2. The Labute approximate surface area is 202 Å². The van der Waals surface area contributed by atoms with Crippen LogP contribution in [-0.4, -0.2) is 67.0 Å². The quantitative estimate of drug-likeness (QED) is 0.616. The summed E-state index contributed by atoms with van der Waals surface area (Å²) in [5, 5.41) is 3.26. The Bertz CT molecular complexity index is 1020. The van der Waals surface area contributed by atoms with E-state index >= 15 is 0 Å². The van der Waals surface area contributed by atoms with E-state index in [0.29, 0.717) is 30.3 Å². The van der Waals surface area contributed by atoms with Gasteiger partial charge in [-0.2, -0.15) is 0 Å². The number of nitrogens with two attached hydrogens (primary N) is 1. The number of halogens is 2. The summed E-state index contributed by atoms with van der Waals surface area (Å²) in [6.45, 7) is 1.12. The van der Waals surface area contributed by atoms with Gasteiger partial charge in [-0.3, -0.25) is 14.4 Å². The maximum absolute atomic E-state index is 13.3. The average molecular weight is 493 g/mol. The van der Waals surface area contributed by atoms with Gasteiger partial charge < -0.3 is 25.6 Å². The molecule has 0 bridgehead atoms. The standard InChI is InChI=1S/C23H26Cl2N4O4/c1-33-17-6-3-15(4-7-17)13-20(30)28-11-2-12-29(22(28)21(31)27-10-9-26)23(32)16-5-8-18(24)19(25)14-16/h3-8,14,22H,2,9-13,26H2,1H3,(H,27,31). The minimum atomic E-state index is -1.10. The molecule has 8 nitrogen and oxygen atoms in total. The van der Waals surface area contributed by atoms with Crippen molar-refractivity contribution in [3.63, 3.8) is 0 Å². The van der Waals surface area contributed by atoms with E-state index in [9.17, 15) is 14.4 Å². The van der Waals surface area contributed by atoms with Gasteiger partial charge in [-0.25, -0.2) is 0 Å². The van der Waals surface area contributed by atoms with Crippen molar-refractivity contribution in [3.05, 3.63) is 63.6 Å². The third-order valence-electron chi connectivity index (χ3n) is 5.33. The Morgan fingerprint density at radius 1 is 1.06 bits per heavy atom. The van der Waals surface area contributed by atoms with Crippen molar-refractivity contribution >= 4 is 40.9 Å². The van der Waals surface area contributed by atoms with Crippen LogP contribution in [-0.2, 0) is 16.0 Å². The Morgan fingerprint density at radius 3 is 2.39 bits per heavy atom. The molecule has 0 saturated carbocycles. The van der Waals surface area contributed by atoms with E-state index in [-0.39, 0.29) is 36.0 Å². The molecule has 10 heteroatoms. The third-order valence-corrected chi connectivity index (χ3v) is 6.07. The minimum absolute atomic E-state index is 0.0828. The highest BCUT2D eigenvalue weighted by Crippen LogP contribution is 2.25. The maximum atomic E-state index is 13.3. The van der Waals surface area contributed by atoms with E-state index in [4.69, 9.17) is 33.7 Å². The first-order valence-corrected chi connectivity index (χ1v) is 11.3. The number of carbonyl (C=O) groups excluding carboxylic acids is 3. The van der Waals surface area contributed by atoms with Gasteiger partial charge in [0.15, 0.2) is 6.17 Å². The van der Waals surface area contributed by atoms with Crippen molar-refractivity contribution in [2.45, 2.75) is 19.0 Å². The molecule has 2 aromatic rings. The van der Waals surface area contributed by atoms with Crippen LogP contribution in [0.15, 0.2) is 42.5 Å². The normalized spacial score (nSPS) is 15.8. The van der Waals surface area contributed by atoms with Crippen molar-refractivity contribution in [2.75, 3.05) is 33.3 Å². The molecule has 1 atom stereocenters. The van der Waals surface area contributed by atoms with E-state index in [1.54, 1.807) is 37.4 Å². The number of ether oxygens (including phenoxy) is 1. The van der Waals surface area contributed by atoms with Crippen LogP contribution in [0, 0.1) is 0 Å². The molecule has 2 aromatic carbocycles. The molecule has 1 aliphatic rings. The highest BCUT2D eigenvalue weighted by Gasteiger charge is 2.40. The molecule has 1 heterocycles. The van der Waals surface area contributed by atoms with E-state index in [2.05, 4.69) is 5.32 Å². The minimum Gasteiger partial charge on any atom is -0.497 e. The summed E-state index contributed by atoms with van der Waals surface area (Å²) >= 11 is 12.1. The van der Waals surface area contributed by atoms with Crippen molar-refractivity contribution < 1.29 is 19.1 Å². The fourth-order valence-corrected chi connectivity index (χ4v) is 3.98. The van der Waals surface area contributed by atoms with Crippen LogP contribution in [0.3, 0.4) is 0 Å². The monoisotopic (exact) mass is 492 g/mol. The highest BCUT2D eigenvalue weighted by atomic mass is 35.5. The first kappa shape index (κ1) is 24.8. The molecule has 1 fully saturated rings. The Morgan fingerprint density at radius 2 is 1.76 bits per heavy atom. The summed E-state index contributed by atoms with van der Waals surface area (Å²) < 4.78 is 5.15. The Balaban J connectivity index is 1.87. The van der Waals surface area contributed by atoms with Crippen molar-refractivity contribution in [1.82, 2.24) is 15.1 Å². The molecular weight excluding hydrogens is 467 g/mol. The third kappa shape index (κ3) is 5.96. The van der Waals surface area contributed by atoms with Crippen molar-refractivity contribution in [3.8, 4) is 5.75 Å². The summed E-state index contributed by atoms with van der Waals surface area (Å²) in [5.74, 6) is -0.457. The number of benzene rings is 2. The molecular formula is C23H26Cl2N4O4. The van der Waals surface area contributed by atoms with Crippen LogP contribution >= 0.6 is 23.2 Å². The number of hydrogen-bond acceptors (Lipinski definition) is 5. The second kappa shape index (κ2) is 11.4. The van der Waals surface area contributed by atoms with Gasteiger partial charge in [-0.05, 0) is 42.3 Å². The van der Waals surface area contributed by atoms with Gasteiger partial charge in [-0.1, -0.05) is 35.3 Å². The molecule has 1 aliphatic heterocycles. The second-order valence-corrected chi connectivity index (χ2v) is 8.36. The summed E-state index contributed by atoms with van der Waals surface area (Å²) in [6, 6.07) is 11.7. The maximum Gasteiger partial charge on any atom is 0.263 e. The van der Waals surface area contributed by atoms with Gasteiger partial charge in [0.25, 0.3) is 11.8 Å². The van der Waals surface area contributed by atoms with Gasteiger partial charge >= 0.3 is 0 Å². The zero-order chi connectivity index (χ0) is 24.0. The fraction of sp³-hybridized carbons (Fsp3) is 0.348. The summed E-state index contributed by atoms with van der Waals surface area (Å²) in [7, 11) is 1.57. The molecule has 0 aliphatic carbocycles. The van der Waals surface area contributed by atoms with Gasteiger partial charge in [0.2, 0.25) is 5.91 Å². The molecule has 3 amide bonds. The van der Waals surface area contributed by atoms with Crippen LogP contribution < -0.4 is 15.8 Å². The van der Waals surface area contributed by atoms with Gasteiger partial charge in [-0.15, -0.1) is 0 Å². The first-order chi connectivity index (χ1) is 15.8. The van der Waals surface area contributed by atoms with Gasteiger partial charge in [0, 0.05) is 31.7 Å². The number of amides is 3. The topological polar surface area (TPSA) is 105 Å². The molecule has 3 rings (SSSR count). The predicted molar refractivity (Wildman–Crippen MR) is 126 cm³/mol. The molecule has 33 heavy (non-hydrogen) atoms. The van der Waals surface area contributed by atoms with E-state index in [1.807, 2.05) is 0 Å². The average Bonchev–Trinajstić information content (AvgIpc) is 2.83. The molecule has 176 valence electrons. The van der Waals surface area contributed by atoms with E-state index < -0.39 is 18.0 Å². The van der Waals surface area contributed by atoms with Crippen molar-refractivity contribution in [2.24, 2.45) is 5.73 Å². The molecule has 0 aromatic heterocycles. The van der Waals surface area contributed by atoms with E-state index in [0.717, 1.165) is 5.56 Å². The SMILES string of the molecule is COc1ccc(CC(=O)N2CCCN(C(=O)c3ccc(Cl)c(Cl)c3)C2C(=O)NCCN)cc1. The lowest BCUT2D eigenvalue weighted by molar-refractivity contribution is -0.148. The van der Waals surface area contributed by atoms with Crippen molar-refractivity contribution in [1.29, 1.82) is 0 Å². The highest BCUT2D eigenvalue weighted by molar-refractivity contribution is 6.42. The molecule has 1 saturated heterocycles. The number of rotatable bonds is 7. The second-order valence-electron chi connectivity index (χ2n) is 7.55. The van der Waals surface area contributed by atoms with Gasteiger partial charge in [0.05, 0.1) is 23.6 Å². The number of methoxy groups -OCH3 is 1. The lowest BCUT2D eigenvalue weighted by Crippen LogP contribution is -2.64. The van der Waals surface area contributed by atoms with E-state index in [1.165, 1.54) is 21.9 Å². The lowest BCUT2D eigenvalue weighted by Gasteiger charge is -2.42. The number of hydrogen-bond donors (Lipinski definition) is 2. The van der Waals surface area contributed by atoms with Gasteiger partial charge in [0.1, 0.15) is 5.75 Å². The summed E-state index contributed by atoms with van der Waals surface area (Å²) in [6.07, 6.45) is -0.486. The largest absolute Gasteiger partial charge is 0.497 e. The molecule has 3 N–H and O–H groups in total. The van der Waals surface area contributed by atoms with Crippen LogP contribution in [0.2, 0.25) is 10.0 Å². The summed E-state index contributed by atoms with van der Waals surface area (Å²) in [4.78, 5) is 42.4. The molecule has 1 unspecified atom stereocenters. The van der Waals surface area contributed by atoms with Crippen LogP contribution in [0.1, 0.15) is 22.3 Å². The van der Waals surface area contributed by atoms with Crippen LogP contribution in [0.4, 0.5) is 0 Å². The number of carbonyl (C=O) groups is 3. The number of nitrogens with zero attached hydrogens (tertiary/aromatic N) is 2. The summed E-state index contributed by atoms with van der Waals surface area (Å²) in [5.41, 5.74) is 6.59. The van der Waals surface area contributed by atoms with Crippen LogP contribution in [0.25, 0.3) is 0 Å². The Hall–Kier alpha value is -2.81. The fourth-order valence-electron chi connectivity index (χ4n) is 3.68. The molecule has 0 spiro atoms. The van der Waals surface area contributed by atoms with Crippen LogP contribution in [0.5, 0.6) is 5.75 Å². The predicted octanol–water partition coefficient (Wildman–Crippen LogP) is 2.32.